The Hall–Kier alpha value is -2.80. The molecule has 140 valence electrons. The Labute approximate surface area is 160 Å². The number of nitro groups is 1. The average molecular weight is 388 g/mol. The molecule has 7 nitrogen and oxygen atoms in total. The average Bonchev–Trinajstić information content (AvgIpc) is 3.42. The molecule has 1 aliphatic carbocycles. The molecule has 2 aromatic carbocycles. The number of methoxy groups -OCH3 is 1. The summed E-state index contributed by atoms with van der Waals surface area (Å²) in [5.41, 5.74) is 2.40. The van der Waals surface area contributed by atoms with E-state index in [-0.39, 0.29) is 10.7 Å². The summed E-state index contributed by atoms with van der Waals surface area (Å²) in [7, 11) is 1.61. The zero-order valence-corrected chi connectivity index (χ0v) is 15.7. The van der Waals surface area contributed by atoms with E-state index in [0.717, 1.165) is 23.9 Å². The Balaban J connectivity index is 1.76. The van der Waals surface area contributed by atoms with Crippen LogP contribution in [0.15, 0.2) is 30.3 Å². The van der Waals surface area contributed by atoms with Gasteiger partial charge in [-0.25, -0.2) is 0 Å². The van der Waals surface area contributed by atoms with Gasteiger partial charge in [0.2, 0.25) is 0 Å². The number of halogens is 1. The summed E-state index contributed by atoms with van der Waals surface area (Å²) in [6.07, 6.45) is 2.76. The lowest BCUT2D eigenvalue weighted by Crippen LogP contribution is -1.98. The monoisotopic (exact) mass is 387 g/mol. The minimum absolute atomic E-state index is 0.0452. The van der Waals surface area contributed by atoms with Crippen molar-refractivity contribution in [2.45, 2.75) is 32.2 Å². The summed E-state index contributed by atoms with van der Waals surface area (Å²) in [5, 5.41) is 11.3. The van der Waals surface area contributed by atoms with E-state index in [9.17, 15) is 10.1 Å². The Bertz CT molecular complexity index is 1040. The molecule has 1 aromatic heterocycles. The quantitative estimate of drug-likeness (QED) is 0.423. The van der Waals surface area contributed by atoms with E-state index >= 15 is 0 Å². The number of nitrogens with zero attached hydrogens (tertiary/aromatic N) is 3. The molecular weight excluding hydrogens is 370 g/mol. The van der Waals surface area contributed by atoms with Gasteiger partial charge in [0.05, 0.1) is 28.1 Å². The molecule has 1 saturated carbocycles. The molecule has 1 aliphatic rings. The fourth-order valence-corrected chi connectivity index (χ4v) is 3.45. The predicted molar refractivity (Wildman–Crippen MR) is 102 cm³/mol. The number of benzene rings is 2. The second kappa shape index (κ2) is 6.74. The molecular formula is C19H18ClN3O4. The highest BCUT2D eigenvalue weighted by molar-refractivity contribution is 6.32. The number of fused-ring (bicyclic) bond motifs is 1. The first-order chi connectivity index (χ1) is 13.0. The van der Waals surface area contributed by atoms with Gasteiger partial charge >= 0.3 is 0 Å². The smallest absolute Gasteiger partial charge is 0.297 e. The van der Waals surface area contributed by atoms with E-state index in [0.29, 0.717) is 35.5 Å². The number of hydrogen-bond donors (Lipinski definition) is 0. The van der Waals surface area contributed by atoms with Crippen LogP contribution < -0.4 is 9.47 Å². The van der Waals surface area contributed by atoms with Crippen LogP contribution in [0.1, 0.15) is 31.4 Å². The van der Waals surface area contributed by atoms with Gasteiger partial charge in [-0.3, -0.25) is 14.7 Å². The van der Waals surface area contributed by atoms with Crippen LogP contribution in [0.2, 0.25) is 5.02 Å². The maximum atomic E-state index is 11.1. The zero-order chi connectivity index (χ0) is 19.1. The molecule has 0 radical (unpaired) electrons. The highest BCUT2D eigenvalue weighted by Gasteiger charge is 2.29. The Morgan fingerprint density at radius 2 is 2.11 bits per heavy atom. The predicted octanol–water partition coefficient (Wildman–Crippen LogP) is 5.30. The van der Waals surface area contributed by atoms with Gasteiger partial charge in [-0.1, -0.05) is 18.5 Å². The van der Waals surface area contributed by atoms with Crippen LogP contribution >= 0.6 is 11.6 Å². The lowest BCUT2D eigenvalue weighted by atomic mass is 10.1. The van der Waals surface area contributed by atoms with Gasteiger partial charge in [0.15, 0.2) is 0 Å². The summed E-state index contributed by atoms with van der Waals surface area (Å²) in [6.45, 7) is 1.90. The number of aryl methyl sites for hydroxylation is 1. The molecule has 3 aromatic rings. The molecule has 4 rings (SSSR count). The second-order valence-electron chi connectivity index (χ2n) is 6.48. The zero-order valence-electron chi connectivity index (χ0n) is 14.9. The van der Waals surface area contributed by atoms with Gasteiger partial charge in [-0.2, -0.15) is 4.98 Å². The van der Waals surface area contributed by atoms with Crippen LogP contribution in [0.25, 0.3) is 11.0 Å². The van der Waals surface area contributed by atoms with E-state index in [1.54, 1.807) is 7.11 Å². The van der Waals surface area contributed by atoms with Gasteiger partial charge < -0.3 is 9.47 Å². The fraction of sp³-hybridized carbons (Fsp3) is 0.316. The van der Waals surface area contributed by atoms with Crippen molar-refractivity contribution < 1.29 is 14.4 Å². The maximum Gasteiger partial charge on any atom is 0.297 e. The third-order valence-corrected chi connectivity index (χ3v) is 4.92. The summed E-state index contributed by atoms with van der Waals surface area (Å²) in [6, 6.07) is 9.38. The van der Waals surface area contributed by atoms with Gasteiger partial charge in [-0.15, -0.1) is 0 Å². The van der Waals surface area contributed by atoms with E-state index in [1.165, 1.54) is 12.1 Å². The minimum atomic E-state index is -0.457. The highest BCUT2D eigenvalue weighted by atomic mass is 35.5. The van der Waals surface area contributed by atoms with Crippen molar-refractivity contribution in [1.82, 2.24) is 9.55 Å². The molecule has 0 bridgehead atoms. The fourth-order valence-electron chi connectivity index (χ4n) is 3.18. The number of non-ortho nitro benzene ring substituents is 1. The topological polar surface area (TPSA) is 79.4 Å². The van der Waals surface area contributed by atoms with Gasteiger partial charge in [0.1, 0.15) is 11.5 Å². The third-order valence-electron chi connectivity index (χ3n) is 4.64. The van der Waals surface area contributed by atoms with Crippen LogP contribution in [-0.4, -0.2) is 21.6 Å². The third kappa shape index (κ3) is 3.19. The molecule has 1 fully saturated rings. The number of rotatable bonds is 6. The molecule has 0 N–H and O–H groups in total. The number of nitro benzene ring substituents is 1. The molecule has 0 unspecified atom stereocenters. The molecule has 0 atom stereocenters. The summed E-state index contributed by atoms with van der Waals surface area (Å²) in [5.74, 6) is 1.03. The molecule has 0 aliphatic heterocycles. The first-order valence-electron chi connectivity index (χ1n) is 8.72. The molecule has 0 saturated heterocycles. The number of hydrogen-bond acceptors (Lipinski definition) is 5. The number of ether oxygens (including phenoxy) is 2. The van der Waals surface area contributed by atoms with Crippen LogP contribution in [0, 0.1) is 10.1 Å². The van der Waals surface area contributed by atoms with Crippen molar-refractivity contribution in [3.63, 3.8) is 0 Å². The van der Waals surface area contributed by atoms with Crippen molar-refractivity contribution in [2.24, 2.45) is 0 Å². The second-order valence-corrected chi connectivity index (χ2v) is 6.89. The lowest BCUT2D eigenvalue weighted by molar-refractivity contribution is -0.384. The largest absolute Gasteiger partial charge is 0.468 e. The Morgan fingerprint density at radius 1 is 1.33 bits per heavy atom. The van der Waals surface area contributed by atoms with E-state index < -0.39 is 4.92 Å². The van der Waals surface area contributed by atoms with Crippen molar-refractivity contribution >= 4 is 28.3 Å². The van der Waals surface area contributed by atoms with Crippen LogP contribution in [0.5, 0.6) is 17.5 Å². The van der Waals surface area contributed by atoms with Crippen LogP contribution in [0.4, 0.5) is 5.69 Å². The first-order valence-corrected chi connectivity index (χ1v) is 9.10. The van der Waals surface area contributed by atoms with Gasteiger partial charge in [-0.05, 0) is 31.4 Å². The number of imidazole rings is 1. The SMILES string of the molecule is CCc1cc([N+](=O)[O-])cc(Cl)c1Oc1ccc2nc(OC)n(C3CC3)c2c1. The van der Waals surface area contributed by atoms with Crippen LogP contribution in [0.3, 0.4) is 0 Å². The minimum Gasteiger partial charge on any atom is -0.468 e. The van der Waals surface area contributed by atoms with Crippen molar-refractivity contribution in [3.8, 4) is 17.5 Å². The molecule has 8 heteroatoms. The van der Waals surface area contributed by atoms with E-state index in [1.807, 2.05) is 25.1 Å². The molecule has 0 spiro atoms. The summed E-state index contributed by atoms with van der Waals surface area (Å²) < 4.78 is 13.5. The number of aromatic nitrogens is 2. The Morgan fingerprint density at radius 3 is 2.74 bits per heavy atom. The van der Waals surface area contributed by atoms with Gasteiger partial charge in [0.25, 0.3) is 11.7 Å². The molecule has 0 amide bonds. The van der Waals surface area contributed by atoms with E-state index in [4.69, 9.17) is 21.1 Å². The maximum absolute atomic E-state index is 11.1. The van der Waals surface area contributed by atoms with Crippen molar-refractivity contribution in [1.29, 1.82) is 0 Å². The normalized spacial score (nSPS) is 13.7. The standard InChI is InChI=1S/C19H18ClN3O4/c1-3-11-8-13(23(24)25)9-15(20)18(11)27-14-6-7-16-17(10-14)22(12-4-5-12)19(21-16)26-2/h6-10,12H,3-5H2,1-2H3. The molecule has 27 heavy (non-hydrogen) atoms. The Kier molecular flexibility index (Phi) is 4.39. The van der Waals surface area contributed by atoms with Crippen molar-refractivity contribution in [2.75, 3.05) is 7.11 Å². The van der Waals surface area contributed by atoms with Gasteiger partial charge in [0, 0.05) is 29.8 Å². The lowest BCUT2D eigenvalue weighted by Gasteiger charge is -2.12. The van der Waals surface area contributed by atoms with Crippen molar-refractivity contribution in [3.05, 3.63) is 51.0 Å². The van der Waals surface area contributed by atoms with Crippen LogP contribution in [-0.2, 0) is 6.42 Å². The summed E-state index contributed by atoms with van der Waals surface area (Å²) in [4.78, 5) is 15.1. The summed E-state index contributed by atoms with van der Waals surface area (Å²) >= 11 is 6.28. The molecule has 1 heterocycles. The highest BCUT2D eigenvalue weighted by Crippen LogP contribution is 2.42. The first kappa shape index (κ1) is 17.6. The van der Waals surface area contributed by atoms with E-state index in [2.05, 4.69) is 9.55 Å².